The number of nitrogens with zero attached hydrogens (tertiary/aromatic N) is 1. The van der Waals surface area contributed by atoms with Crippen LogP contribution < -0.4 is 15.0 Å². The van der Waals surface area contributed by atoms with Gasteiger partial charge in [-0.15, -0.1) is 0 Å². The van der Waals surface area contributed by atoms with E-state index in [-0.39, 0.29) is 11.0 Å². The van der Waals surface area contributed by atoms with E-state index in [4.69, 9.17) is 16.3 Å². The van der Waals surface area contributed by atoms with Gasteiger partial charge in [0.2, 0.25) is 0 Å². The van der Waals surface area contributed by atoms with Crippen molar-refractivity contribution in [2.75, 3.05) is 4.90 Å². The highest BCUT2D eigenvalue weighted by Crippen LogP contribution is 2.60. The number of ether oxygens (including phenoxy) is 1. The zero-order valence-corrected chi connectivity index (χ0v) is 25.3. The molecule has 8 rings (SSSR count). The highest BCUT2D eigenvalue weighted by Gasteiger charge is 2.51. The number of urea groups is 1. The van der Waals surface area contributed by atoms with Gasteiger partial charge in [-0.05, 0) is 125 Å². The third kappa shape index (κ3) is 4.96. The first-order valence-corrected chi connectivity index (χ1v) is 15.6. The Labute approximate surface area is 258 Å². The molecule has 1 saturated heterocycles. The molecule has 4 saturated carbocycles. The first-order chi connectivity index (χ1) is 20.3. The highest BCUT2D eigenvalue weighted by atomic mass is 79.9. The standard InChI is InChI=1S/C34H30BrClN2O4/c35-28-15-20(5-10-30(28)42-19-24-3-1-2-4-29(24)36)14-27-31(39)37-33(41)38(32(27)40)26-8-6-25(7-9-26)34-16-21-11-22(17-34)13-23(12-21)18-34/h1-10,14-15,21-23H,11-13,16-19H2,(H,37,39,41)/b27-14+. The van der Waals surface area contributed by atoms with Crippen LogP contribution in [0.25, 0.3) is 6.08 Å². The van der Waals surface area contributed by atoms with Crippen molar-refractivity contribution in [3.63, 3.8) is 0 Å². The quantitative estimate of drug-likeness (QED) is 0.219. The van der Waals surface area contributed by atoms with Gasteiger partial charge >= 0.3 is 6.03 Å². The number of carbonyl (C=O) groups is 3. The molecule has 1 heterocycles. The van der Waals surface area contributed by atoms with Gasteiger partial charge in [-0.2, -0.15) is 0 Å². The predicted molar refractivity (Wildman–Crippen MR) is 165 cm³/mol. The van der Waals surface area contributed by atoms with Crippen molar-refractivity contribution in [2.24, 2.45) is 17.8 Å². The van der Waals surface area contributed by atoms with E-state index in [1.54, 1.807) is 18.2 Å². The van der Waals surface area contributed by atoms with Crippen molar-refractivity contribution in [1.82, 2.24) is 5.32 Å². The molecule has 0 aromatic heterocycles. The molecule has 1 aliphatic heterocycles. The van der Waals surface area contributed by atoms with Gasteiger partial charge in [-0.3, -0.25) is 14.9 Å². The normalized spacial score (nSPS) is 27.5. The number of hydrogen-bond donors (Lipinski definition) is 1. The van der Waals surface area contributed by atoms with E-state index in [2.05, 4.69) is 33.4 Å². The molecular weight excluding hydrogens is 616 g/mol. The van der Waals surface area contributed by atoms with Crippen molar-refractivity contribution >= 4 is 57.1 Å². The zero-order valence-electron chi connectivity index (χ0n) is 22.9. The topological polar surface area (TPSA) is 75.7 Å². The number of hydrogen-bond acceptors (Lipinski definition) is 4. The molecule has 42 heavy (non-hydrogen) atoms. The van der Waals surface area contributed by atoms with Crippen LogP contribution in [-0.2, 0) is 21.6 Å². The monoisotopic (exact) mass is 644 g/mol. The van der Waals surface area contributed by atoms with Crippen LogP contribution in [0, 0.1) is 17.8 Å². The first kappa shape index (κ1) is 27.4. The minimum absolute atomic E-state index is 0.114. The molecule has 3 aromatic carbocycles. The summed E-state index contributed by atoms with van der Waals surface area (Å²) in [4.78, 5) is 40.2. The van der Waals surface area contributed by atoms with Crippen LogP contribution in [0.15, 0.2) is 76.8 Å². The van der Waals surface area contributed by atoms with Crippen molar-refractivity contribution in [3.8, 4) is 5.75 Å². The molecular formula is C34H30BrClN2O4. The minimum Gasteiger partial charge on any atom is -0.488 e. The predicted octanol–water partition coefficient (Wildman–Crippen LogP) is 7.82. The molecule has 6 nitrogen and oxygen atoms in total. The van der Waals surface area contributed by atoms with Gasteiger partial charge in [0.25, 0.3) is 11.8 Å². The lowest BCUT2D eigenvalue weighted by atomic mass is 9.48. The molecule has 1 N–H and O–H groups in total. The van der Waals surface area contributed by atoms with Crippen LogP contribution in [0.4, 0.5) is 10.5 Å². The molecule has 4 aliphatic carbocycles. The van der Waals surface area contributed by atoms with Gasteiger partial charge in [0.1, 0.15) is 17.9 Å². The Bertz CT molecular complexity index is 1600. The SMILES string of the molecule is O=C1NC(=O)N(c2ccc(C34CC5CC(CC(C5)C3)C4)cc2)C(=O)/C1=C/c1ccc(OCc2ccccc2Cl)c(Br)c1. The lowest BCUT2D eigenvalue weighted by Crippen LogP contribution is -2.54. The number of imide groups is 2. The fraction of sp³-hybridized carbons (Fsp3) is 0.324. The fourth-order valence-corrected chi connectivity index (χ4v) is 8.68. The molecule has 0 spiro atoms. The van der Waals surface area contributed by atoms with Crippen LogP contribution >= 0.6 is 27.5 Å². The third-order valence-electron chi connectivity index (χ3n) is 9.49. The second-order valence-electron chi connectivity index (χ2n) is 12.3. The van der Waals surface area contributed by atoms with Gasteiger partial charge in [0.15, 0.2) is 0 Å². The Morgan fingerprint density at radius 2 is 1.60 bits per heavy atom. The second kappa shape index (κ2) is 10.7. The minimum atomic E-state index is -0.741. The summed E-state index contributed by atoms with van der Waals surface area (Å²) >= 11 is 9.75. The molecule has 5 fully saturated rings. The summed E-state index contributed by atoms with van der Waals surface area (Å²) in [7, 11) is 0. The lowest BCUT2D eigenvalue weighted by Gasteiger charge is -2.57. The summed E-state index contributed by atoms with van der Waals surface area (Å²) in [5, 5.41) is 2.95. The van der Waals surface area contributed by atoms with Crippen LogP contribution in [0.3, 0.4) is 0 Å². The number of barbiturate groups is 1. The van der Waals surface area contributed by atoms with E-state index >= 15 is 0 Å². The van der Waals surface area contributed by atoms with Gasteiger partial charge in [-0.25, -0.2) is 9.69 Å². The summed E-state index contributed by atoms with van der Waals surface area (Å²) in [6.07, 6.45) is 9.32. The molecule has 8 heteroatoms. The number of halogens is 2. The number of nitrogens with one attached hydrogen (secondary N) is 1. The molecule has 4 bridgehead atoms. The second-order valence-corrected chi connectivity index (χ2v) is 13.5. The van der Waals surface area contributed by atoms with Gasteiger partial charge in [-0.1, -0.05) is 48.0 Å². The van der Waals surface area contributed by atoms with E-state index in [0.29, 0.717) is 33.1 Å². The van der Waals surface area contributed by atoms with Gasteiger partial charge < -0.3 is 4.74 Å². The van der Waals surface area contributed by atoms with Crippen LogP contribution in [0.5, 0.6) is 5.75 Å². The van der Waals surface area contributed by atoms with E-state index in [1.807, 2.05) is 36.4 Å². The summed E-state index contributed by atoms with van der Waals surface area (Å²) in [5.74, 6) is 1.70. The number of rotatable bonds is 6. The maximum Gasteiger partial charge on any atom is 0.335 e. The summed E-state index contributed by atoms with van der Waals surface area (Å²) in [6, 6.07) is 19.8. The molecule has 214 valence electrons. The van der Waals surface area contributed by atoms with Crippen molar-refractivity contribution in [1.29, 1.82) is 0 Å². The summed E-state index contributed by atoms with van der Waals surface area (Å²) < 4.78 is 6.57. The largest absolute Gasteiger partial charge is 0.488 e. The van der Waals surface area contributed by atoms with Gasteiger partial charge in [0.05, 0.1) is 10.2 Å². The number of benzene rings is 3. The Morgan fingerprint density at radius 3 is 2.24 bits per heavy atom. The average molecular weight is 646 g/mol. The van der Waals surface area contributed by atoms with E-state index in [9.17, 15) is 14.4 Å². The summed E-state index contributed by atoms with van der Waals surface area (Å²) in [5.41, 5.74) is 3.34. The Kier molecular flexibility index (Phi) is 6.98. The highest BCUT2D eigenvalue weighted by molar-refractivity contribution is 9.10. The average Bonchev–Trinajstić information content (AvgIpc) is 2.95. The van der Waals surface area contributed by atoms with Gasteiger partial charge in [0, 0.05) is 10.6 Å². The maximum atomic E-state index is 13.5. The van der Waals surface area contributed by atoms with E-state index < -0.39 is 17.8 Å². The van der Waals surface area contributed by atoms with Crippen LogP contribution in [0.2, 0.25) is 5.02 Å². The summed E-state index contributed by atoms with van der Waals surface area (Å²) in [6.45, 7) is 0.290. The fourth-order valence-electron chi connectivity index (χ4n) is 7.98. The Morgan fingerprint density at radius 1 is 0.929 bits per heavy atom. The molecule has 4 amide bonds. The lowest BCUT2D eigenvalue weighted by molar-refractivity contribution is -0.122. The first-order valence-electron chi connectivity index (χ1n) is 14.5. The van der Waals surface area contributed by atoms with Crippen molar-refractivity contribution in [2.45, 2.75) is 50.5 Å². The molecule has 0 atom stereocenters. The van der Waals surface area contributed by atoms with E-state index in [1.165, 1.54) is 50.2 Å². The molecule has 0 radical (unpaired) electrons. The Hall–Kier alpha value is -3.42. The van der Waals surface area contributed by atoms with E-state index in [0.717, 1.165) is 28.2 Å². The van der Waals surface area contributed by atoms with Crippen LogP contribution in [-0.4, -0.2) is 17.8 Å². The third-order valence-corrected chi connectivity index (χ3v) is 10.5. The number of carbonyl (C=O) groups excluding carboxylic acids is 3. The number of amides is 4. The van der Waals surface area contributed by atoms with Crippen LogP contribution in [0.1, 0.15) is 55.2 Å². The Balaban J connectivity index is 1.10. The smallest absolute Gasteiger partial charge is 0.335 e. The van der Waals surface area contributed by atoms with Crippen molar-refractivity contribution in [3.05, 3.63) is 98.5 Å². The molecule has 3 aromatic rings. The van der Waals surface area contributed by atoms with Crippen molar-refractivity contribution < 1.29 is 19.1 Å². The molecule has 5 aliphatic rings. The zero-order chi connectivity index (χ0) is 29.0. The number of anilines is 1. The maximum absolute atomic E-state index is 13.5. The molecule has 0 unspecified atom stereocenters.